The number of hydrogen-bond acceptors (Lipinski definition) is 7. The van der Waals surface area contributed by atoms with Crippen LogP contribution in [0, 0.1) is 0 Å². The van der Waals surface area contributed by atoms with E-state index in [1.807, 2.05) is 13.8 Å². The van der Waals surface area contributed by atoms with Gasteiger partial charge in [0, 0.05) is 12.1 Å². The van der Waals surface area contributed by atoms with Crippen LogP contribution in [-0.4, -0.2) is 42.0 Å². The van der Waals surface area contributed by atoms with Gasteiger partial charge in [0.1, 0.15) is 5.75 Å². The number of hydrogen-bond donors (Lipinski definition) is 3. The van der Waals surface area contributed by atoms with Gasteiger partial charge in [-0.25, -0.2) is 5.53 Å². The van der Waals surface area contributed by atoms with Crippen LogP contribution < -0.4 is 21.1 Å². The predicted octanol–water partition coefficient (Wildman–Crippen LogP) is 2.09. The Morgan fingerprint density at radius 1 is 1.40 bits per heavy atom. The van der Waals surface area contributed by atoms with Crippen molar-refractivity contribution in [1.29, 1.82) is 0 Å². The first-order chi connectivity index (χ1) is 11.8. The molecule has 2 rings (SSSR count). The molecule has 0 bridgehead atoms. The second kappa shape index (κ2) is 8.30. The molecule has 3 N–H and O–H groups in total. The van der Waals surface area contributed by atoms with E-state index in [1.165, 1.54) is 30.0 Å². The monoisotopic (exact) mass is 377 g/mol. The van der Waals surface area contributed by atoms with E-state index in [0.29, 0.717) is 28.7 Å². The van der Waals surface area contributed by atoms with Crippen LogP contribution in [0.15, 0.2) is 28.2 Å². The number of hydrazine groups is 2. The molecule has 1 amide bonds. The van der Waals surface area contributed by atoms with Crippen molar-refractivity contribution in [1.82, 2.24) is 21.4 Å². The first kappa shape index (κ1) is 19.2. The van der Waals surface area contributed by atoms with Crippen LogP contribution in [-0.2, 0) is 0 Å². The number of hydrazone groups is 1. The summed E-state index contributed by atoms with van der Waals surface area (Å²) >= 11 is 1.29. The number of nitrogens with zero attached hydrogens (tertiary/aromatic N) is 2. The number of amides is 1. The molecule has 0 atom stereocenters. The summed E-state index contributed by atoms with van der Waals surface area (Å²) in [4.78, 5) is 12.8. The number of carbonyl (C=O) groups is 1. The van der Waals surface area contributed by atoms with Crippen LogP contribution in [0.1, 0.15) is 24.2 Å². The van der Waals surface area contributed by atoms with Gasteiger partial charge in [-0.1, -0.05) is 6.92 Å². The molecule has 1 aliphatic rings. The quantitative estimate of drug-likeness (QED) is 0.659. The molecule has 0 aliphatic carbocycles. The summed E-state index contributed by atoms with van der Waals surface area (Å²) in [7, 11) is 0. The Kier molecular flexibility index (Phi) is 6.37. The lowest BCUT2D eigenvalue weighted by atomic mass is 10.2. The molecular weight excluding hydrogens is 359 g/mol. The molecule has 138 valence electrons. The number of guanidine groups is 1. The van der Waals surface area contributed by atoms with Crippen molar-refractivity contribution in [3.8, 4) is 5.75 Å². The highest BCUT2D eigenvalue weighted by Crippen LogP contribution is 2.31. The minimum atomic E-state index is -4.42. The maximum absolute atomic E-state index is 12.3. The van der Waals surface area contributed by atoms with Crippen molar-refractivity contribution >= 4 is 23.6 Å². The fourth-order valence-electron chi connectivity index (χ4n) is 1.95. The molecule has 0 saturated heterocycles. The summed E-state index contributed by atoms with van der Waals surface area (Å²) in [5.41, 5.74) is 5.53. The minimum absolute atomic E-state index is 0.0949. The lowest BCUT2D eigenvalue weighted by Crippen LogP contribution is -2.47. The summed E-state index contributed by atoms with van der Waals surface area (Å²) in [6.45, 7) is 2.90. The number of ether oxygens (including phenoxy) is 1. The number of alkyl halides is 3. The third-order valence-corrected chi connectivity index (χ3v) is 3.96. The Morgan fingerprint density at radius 3 is 2.80 bits per heavy atom. The third kappa shape index (κ3) is 5.43. The van der Waals surface area contributed by atoms with Gasteiger partial charge < -0.3 is 4.74 Å². The second-order valence-electron chi connectivity index (χ2n) is 4.86. The van der Waals surface area contributed by atoms with E-state index >= 15 is 0 Å². The van der Waals surface area contributed by atoms with Crippen molar-refractivity contribution in [2.24, 2.45) is 5.10 Å². The van der Waals surface area contributed by atoms with Crippen LogP contribution in [0.2, 0.25) is 0 Å². The molecule has 1 heterocycles. The van der Waals surface area contributed by atoms with Gasteiger partial charge in [-0.05, 0) is 30.9 Å². The zero-order valence-electron chi connectivity index (χ0n) is 13.6. The van der Waals surface area contributed by atoms with Gasteiger partial charge in [-0.15, -0.1) is 22.4 Å². The van der Waals surface area contributed by atoms with E-state index in [-0.39, 0.29) is 5.75 Å². The standard InChI is InChI=1S/C14H18F3N5O2S/c1-3-22-13(19-20-21-22)18-12(23)9-5-6-10(11(7-9)25-4-2)24-8-14(15,16)17/h5-7,20-21H,3-4,8H2,1-2H3,(H,18,19,23). The number of halogens is 3. The number of benzene rings is 1. The van der Waals surface area contributed by atoms with Crippen LogP contribution in [0.25, 0.3) is 0 Å². The molecule has 1 aliphatic heterocycles. The number of carbonyl (C=O) groups excluding carboxylic acids is 1. The molecule has 7 nitrogen and oxygen atoms in total. The van der Waals surface area contributed by atoms with Gasteiger partial charge in [-0.2, -0.15) is 13.2 Å². The maximum Gasteiger partial charge on any atom is 0.422 e. The maximum atomic E-state index is 12.3. The van der Waals surface area contributed by atoms with Gasteiger partial charge in [0.15, 0.2) is 6.61 Å². The Hall–Kier alpha value is -2.14. The summed E-state index contributed by atoms with van der Waals surface area (Å²) in [6.07, 6.45) is -4.42. The summed E-state index contributed by atoms with van der Waals surface area (Å²) in [6, 6.07) is 4.28. The van der Waals surface area contributed by atoms with E-state index in [2.05, 4.69) is 21.5 Å². The van der Waals surface area contributed by atoms with Gasteiger partial charge in [-0.3, -0.25) is 15.1 Å². The van der Waals surface area contributed by atoms with Gasteiger partial charge in [0.2, 0.25) is 5.96 Å². The minimum Gasteiger partial charge on any atom is -0.483 e. The smallest absolute Gasteiger partial charge is 0.422 e. The number of nitrogens with one attached hydrogen (secondary N) is 3. The van der Waals surface area contributed by atoms with E-state index in [9.17, 15) is 18.0 Å². The molecule has 11 heteroatoms. The normalized spacial score (nSPS) is 14.1. The van der Waals surface area contributed by atoms with Gasteiger partial charge >= 0.3 is 6.18 Å². The van der Waals surface area contributed by atoms with E-state index < -0.39 is 18.7 Å². The van der Waals surface area contributed by atoms with Gasteiger partial charge in [0.05, 0.1) is 4.90 Å². The van der Waals surface area contributed by atoms with Crippen molar-refractivity contribution in [3.05, 3.63) is 23.8 Å². The Morgan fingerprint density at radius 2 is 2.16 bits per heavy atom. The zero-order chi connectivity index (χ0) is 18.4. The molecule has 25 heavy (non-hydrogen) atoms. The SMILES string of the molecule is CCSc1cc(C(=O)NC2=NNNN2CC)ccc1OCC(F)(F)F. The highest BCUT2D eigenvalue weighted by atomic mass is 32.2. The van der Waals surface area contributed by atoms with Crippen LogP contribution in [0.5, 0.6) is 5.75 Å². The largest absolute Gasteiger partial charge is 0.483 e. The highest BCUT2D eigenvalue weighted by molar-refractivity contribution is 7.99. The van der Waals surface area contributed by atoms with Crippen molar-refractivity contribution in [2.45, 2.75) is 24.9 Å². The molecule has 0 fully saturated rings. The zero-order valence-corrected chi connectivity index (χ0v) is 14.4. The molecule has 0 radical (unpaired) electrons. The molecule has 0 unspecified atom stereocenters. The predicted molar refractivity (Wildman–Crippen MR) is 87.9 cm³/mol. The second-order valence-corrected chi connectivity index (χ2v) is 6.16. The van der Waals surface area contributed by atoms with E-state index in [1.54, 1.807) is 5.01 Å². The van der Waals surface area contributed by atoms with E-state index in [4.69, 9.17) is 4.74 Å². The lowest BCUT2D eigenvalue weighted by Gasteiger charge is -2.17. The van der Waals surface area contributed by atoms with Crippen molar-refractivity contribution < 1.29 is 22.7 Å². The summed E-state index contributed by atoms with van der Waals surface area (Å²) in [5.74, 6) is 0.590. The average Bonchev–Trinajstić information content (AvgIpc) is 3.00. The summed E-state index contributed by atoms with van der Waals surface area (Å²) in [5, 5.41) is 8.09. The lowest BCUT2D eigenvalue weighted by molar-refractivity contribution is -0.153. The number of thioether (sulfide) groups is 1. The summed E-state index contributed by atoms with van der Waals surface area (Å²) < 4.78 is 41.8. The van der Waals surface area contributed by atoms with Crippen LogP contribution >= 0.6 is 11.8 Å². The molecule has 0 spiro atoms. The van der Waals surface area contributed by atoms with Crippen LogP contribution in [0.3, 0.4) is 0 Å². The Bertz CT molecular complexity index is 654. The highest BCUT2D eigenvalue weighted by Gasteiger charge is 2.29. The molecular formula is C14H18F3N5O2S. The van der Waals surface area contributed by atoms with Crippen molar-refractivity contribution in [2.75, 3.05) is 18.9 Å². The fraction of sp³-hybridized carbons (Fsp3) is 0.429. The molecule has 1 aromatic carbocycles. The Balaban J connectivity index is 2.13. The topological polar surface area (TPSA) is 78.0 Å². The molecule has 1 aromatic rings. The van der Waals surface area contributed by atoms with E-state index in [0.717, 1.165) is 0 Å². The molecule has 0 saturated carbocycles. The molecule has 0 aromatic heterocycles. The van der Waals surface area contributed by atoms with Crippen LogP contribution in [0.4, 0.5) is 13.2 Å². The van der Waals surface area contributed by atoms with Gasteiger partial charge in [0.25, 0.3) is 5.91 Å². The first-order valence-corrected chi connectivity index (χ1v) is 8.46. The third-order valence-electron chi connectivity index (χ3n) is 3.04. The number of rotatable bonds is 6. The average molecular weight is 377 g/mol. The first-order valence-electron chi connectivity index (χ1n) is 7.47. The van der Waals surface area contributed by atoms with Crippen molar-refractivity contribution in [3.63, 3.8) is 0 Å². The Labute approximate surface area is 146 Å². The fourth-order valence-corrected chi connectivity index (χ4v) is 2.74.